The number of para-hydroxylation sites is 2. The number of aliphatic hydroxyl groups is 1. The lowest BCUT2D eigenvalue weighted by Gasteiger charge is -2.28. The minimum absolute atomic E-state index is 0.163. The molecule has 3 aromatic carbocycles. The van der Waals surface area contributed by atoms with Gasteiger partial charge in [-0.3, -0.25) is 4.90 Å². The summed E-state index contributed by atoms with van der Waals surface area (Å²) in [7, 11) is 0. The quantitative estimate of drug-likeness (QED) is 0.278. The van der Waals surface area contributed by atoms with Gasteiger partial charge in [0, 0.05) is 26.2 Å². The number of hydrogen-bond donors (Lipinski definition) is 1. The molecule has 2 heterocycles. The highest BCUT2D eigenvalue weighted by atomic mass is 16.5. The third-order valence-corrected chi connectivity index (χ3v) is 6.80. The van der Waals surface area contributed by atoms with Crippen LogP contribution in [0.3, 0.4) is 0 Å². The molecule has 2 atom stereocenters. The van der Waals surface area contributed by atoms with Gasteiger partial charge in [0.2, 0.25) is 5.88 Å². The number of hydrogen-bond acceptors (Lipinski definition) is 5. The van der Waals surface area contributed by atoms with Crippen LogP contribution in [0.25, 0.3) is 5.69 Å². The minimum Gasteiger partial charge on any atom is -0.439 e. The summed E-state index contributed by atoms with van der Waals surface area (Å²) in [6, 6.07) is 29.8. The summed E-state index contributed by atoms with van der Waals surface area (Å²) in [5.74, 6) is 1.47. The molecule has 0 bridgehead atoms. The molecule has 0 radical (unpaired) electrons. The largest absolute Gasteiger partial charge is 0.439 e. The summed E-state index contributed by atoms with van der Waals surface area (Å²) in [5, 5.41) is 16.1. The van der Waals surface area contributed by atoms with Gasteiger partial charge in [0.25, 0.3) is 0 Å². The molecule has 6 heteroatoms. The van der Waals surface area contributed by atoms with Crippen LogP contribution in [0.1, 0.15) is 42.7 Å². The molecule has 192 valence electrons. The zero-order chi connectivity index (χ0) is 25.5. The predicted octanol–water partition coefficient (Wildman–Crippen LogP) is 5.94. The summed E-state index contributed by atoms with van der Waals surface area (Å²) >= 11 is 0. The van der Waals surface area contributed by atoms with E-state index in [-0.39, 0.29) is 6.10 Å². The Morgan fingerprint density at radius 1 is 1.00 bits per heavy atom. The molecule has 0 aliphatic carbocycles. The lowest BCUT2D eigenvalue weighted by atomic mass is 10.1. The molecule has 1 N–H and O–H groups in total. The highest BCUT2D eigenvalue weighted by Gasteiger charge is 2.27. The van der Waals surface area contributed by atoms with E-state index in [1.54, 1.807) is 0 Å². The van der Waals surface area contributed by atoms with Gasteiger partial charge in [-0.25, -0.2) is 4.68 Å². The Labute approximate surface area is 219 Å². The Morgan fingerprint density at radius 3 is 2.32 bits per heavy atom. The molecule has 1 fully saturated rings. The zero-order valence-electron chi connectivity index (χ0n) is 21.4. The molecule has 1 saturated heterocycles. The van der Waals surface area contributed by atoms with Crippen LogP contribution < -0.4 is 4.74 Å². The Morgan fingerprint density at radius 2 is 1.68 bits per heavy atom. The first-order valence-corrected chi connectivity index (χ1v) is 13.2. The monoisotopic (exact) mass is 497 g/mol. The van der Waals surface area contributed by atoms with E-state index in [0.29, 0.717) is 19.0 Å². The van der Waals surface area contributed by atoms with E-state index in [9.17, 15) is 5.11 Å². The highest BCUT2D eigenvalue weighted by molar-refractivity contribution is 5.43. The number of aromatic nitrogens is 2. The second-order valence-electron chi connectivity index (χ2n) is 9.50. The molecule has 2 unspecified atom stereocenters. The van der Waals surface area contributed by atoms with Gasteiger partial charge < -0.3 is 14.6 Å². The van der Waals surface area contributed by atoms with E-state index in [0.717, 1.165) is 60.7 Å². The molecule has 1 aliphatic heterocycles. The van der Waals surface area contributed by atoms with Crippen molar-refractivity contribution in [1.29, 1.82) is 0 Å². The Kier molecular flexibility index (Phi) is 8.31. The van der Waals surface area contributed by atoms with Crippen molar-refractivity contribution >= 4 is 0 Å². The molecule has 5 rings (SSSR count). The number of benzene rings is 3. The van der Waals surface area contributed by atoms with Crippen LogP contribution in [-0.4, -0.2) is 45.6 Å². The van der Waals surface area contributed by atoms with E-state index < -0.39 is 6.10 Å². The molecule has 0 spiro atoms. The topological polar surface area (TPSA) is 59.8 Å². The van der Waals surface area contributed by atoms with Crippen molar-refractivity contribution in [3.05, 3.63) is 108 Å². The van der Waals surface area contributed by atoms with Crippen LogP contribution in [-0.2, 0) is 17.7 Å². The van der Waals surface area contributed by atoms with Crippen molar-refractivity contribution in [1.82, 2.24) is 14.7 Å². The normalized spacial score (nSPS) is 16.2. The first kappa shape index (κ1) is 25.2. The number of rotatable bonds is 11. The van der Waals surface area contributed by atoms with Crippen LogP contribution in [0.2, 0.25) is 0 Å². The molecule has 1 aromatic heterocycles. The molecular weight excluding hydrogens is 462 g/mol. The molecule has 1 aliphatic rings. The molecule has 0 saturated carbocycles. The number of aliphatic hydroxyl groups excluding tert-OH is 1. The van der Waals surface area contributed by atoms with Crippen LogP contribution in [0.4, 0.5) is 0 Å². The Balaban J connectivity index is 1.50. The summed E-state index contributed by atoms with van der Waals surface area (Å²) in [5.41, 5.74) is 3.88. The standard InChI is InChI=1S/C31H35N3O3/c1-2-29-28(22-33(21-27-19-12-20-36-27)23-30(35)24-13-6-3-7-14-24)31(37-26-17-10-5-11-18-26)34(32-29)25-15-8-4-9-16-25/h3-11,13-18,27,30,35H,2,12,19-23H2,1H3. The predicted molar refractivity (Wildman–Crippen MR) is 145 cm³/mol. The second-order valence-corrected chi connectivity index (χ2v) is 9.50. The van der Waals surface area contributed by atoms with Gasteiger partial charge in [0.05, 0.1) is 29.2 Å². The van der Waals surface area contributed by atoms with E-state index in [1.807, 2.05) is 95.7 Å². The Hall–Kier alpha value is -3.45. The van der Waals surface area contributed by atoms with E-state index in [2.05, 4.69) is 11.8 Å². The maximum atomic E-state index is 11.1. The van der Waals surface area contributed by atoms with Gasteiger partial charge in [0.15, 0.2) is 0 Å². The number of nitrogens with zero attached hydrogens (tertiary/aromatic N) is 3. The fraction of sp³-hybridized carbons (Fsp3) is 0.323. The maximum Gasteiger partial charge on any atom is 0.227 e. The first-order chi connectivity index (χ1) is 18.2. The lowest BCUT2D eigenvalue weighted by Crippen LogP contribution is -2.35. The summed E-state index contributed by atoms with van der Waals surface area (Å²) in [6.45, 7) is 4.76. The third kappa shape index (κ3) is 6.28. The average Bonchev–Trinajstić information content (AvgIpc) is 3.58. The molecular formula is C31H35N3O3. The van der Waals surface area contributed by atoms with Gasteiger partial charge in [-0.2, -0.15) is 5.10 Å². The summed E-state index contributed by atoms with van der Waals surface area (Å²) in [4.78, 5) is 2.29. The molecule has 0 amide bonds. The highest BCUT2D eigenvalue weighted by Crippen LogP contribution is 2.33. The van der Waals surface area contributed by atoms with E-state index >= 15 is 0 Å². The Bertz CT molecular complexity index is 1240. The van der Waals surface area contributed by atoms with Crippen molar-refractivity contribution in [2.24, 2.45) is 0 Å². The van der Waals surface area contributed by atoms with Crippen molar-refractivity contribution in [2.75, 3.05) is 19.7 Å². The van der Waals surface area contributed by atoms with Gasteiger partial charge in [-0.1, -0.05) is 73.7 Å². The van der Waals surface area contributed by atoms with Gasteiger partial charge >= 0.3 is 0 Å². The van der Waals surface area contributed by atoms with Crippen molar-refractivity contribution < 1.29 is 14.6 Å². The lowest BCUT2D eigenvalue weighted by molar-refractivity contribution is 0.0456. The average molecular weight is 498 g/mol. The van der Waals surface area contributed by atoms with Crippen molar-refractivity contribution in [2.45, 2.75) is 44.9 Å². The SMILES string of the molecule is CCc1nn(-c2ccccc2)c(Oc2ccccc2)c1CN(CC1CCCO1)CC(O)c1ccccc1. The number of ether oxygens (including phenoxy) is 2. The van der Waals surface area contributed by atoms with Crippen molar-refractivity contribution in [3.8, 4) is 17.3 Å². The van der Waals surface area contributed by atoms with E-state index in [4.69, 9.17) is 14.6 Å². The van der Waals surface area contributed by atoms with Crippen LogP contribution in [0.5, 0.6) is 11.6 Å². The third-order valence-electron chi connectivity index (χ3n) is 6.80. The number of aryl methyl sites for hydroxylation is 1. The molecule has 37 heavy (non-hydrogen) atoms. The van der Waals surface area contributed by atoms with Gasteiger partial charge in [0.1, 0.15) is 5.75 Å². The van der Waals surface area contributed by atoms with Gasteiger partial charge in [-0.05, 0) is 49.1 Å². The van der Waals surface area contributed by atoms with Crippen molar-refractivity contribution in [3.63, 3.8) is 0 Å². The van der Waals surface area contributed by atoms with E-state index in [1.165, 1.54) is 0 Å². The molecule has 6 nitrogen and oxygen atoms in total. The van der Waals surface area contributed by atoms with Gasteiger partial charge in [-0.15, -0.1) is 0 Å². The van der Waals surface area contributed by atoms with Crippen LogP contribution in [0.15, 0.2) is 91.0 Å². The summed E-state index contributed by atoms with van der Waals surface area (Å²) < 4.78 is 14.4. The first-order valence-electron chi connectivity index (χ1n) is 13.2. The fourth-order valence-electron chi connectivity index (χ4n) is 4.90. The van der Waals surface area contributed by atoms with Crippen LogP contribution in [0, 0.1) is 0 Å². The fourth-order valence-corrected chi connectivity index (χ4v) is 4.90. The minimum atomic E-state index is -0.602. The second kappa shape index (κ2) is 12.2. The molecule has 4 aromatic rings. The summed E-state index contributed by atoms with van der Waals surface area (Å²) in [6.07, 6.45) is 2.45. The maximum absolute atomic E-state index is 11.1. The smallest absolute Gasteiger partial charge is 0.227 e. The van der Waals surface area contributed by atoms with Crippen LogP contribution >= 0.6 is 0 Å². The zero-order valence-corrected chi connectivity index (χ0v) is 21.4.